The zero-order chi connectivity index (χ0) is 16.9. The minimum Gasteiger partial charge on any atom is -0.381 e. The van der Waals surface area contributed by atoms with Crippen LogP contribution in [0.25, 0.3) is 11.0 Å². The monoisotopic (exact) mass is 343 g/mol. The highest BCUT2D eigenvalue weighted by atomic mass is 16.5. The second-order valence-corrected chi connectivity index (χ2v) is 7.69. The first kappa shape index (κ1) is 15.5. The van der Waals surface area contributed by atoms with Crippen LogP contribution in [0.15, 0.2) is 12.5 Å². The third kappa shape index (κ3) is 2.53. The molecule has 0 unspecified atom stereocenters. The van der Waals surface area contributed by atoms with E-state index in [0.717, 1.165) is 56.0 Å². The maximum atomic E-state index is 9.76. The van der Waals surface area contributed by atoms with Crippen molar-refractivity contribution in [1.82, 2.24) is 19.9 Å². The summed E-state index contributed by atoms with van der Waals surface area (Å²) in [6.07, 6.45) is 8.25. The standard InChI is InChI=1S/C18H25N5O2/c24-11-23-8-13(12-1-5-25-6-2-12)15-16(20-10-21-17(15)23)22-14-7-19-9-18(14)3-4-18/h8,10,12,14,19,24H,1-7,9,11H2,(H,20,21,22)/t14-/m0/s1. The van der Waals surface area contributed by atoms with E-state index in [-0.39, 0.29) is 6.73 Å². The molecule has 1 aliphatic carbocycles. The Morgan fingerprint density at radius 3 is 2.92 bits per heavy atom. The third-order valence-electron chi connectivity index (χ3n) is 6.26. The summed E-state index contributed by atoms with van der Waals surface area (Å²) in [5.74, 6) is 1.35. The van der Waals surface area contributed by atoms with Crippen LogP contribution in [-0.4, -0.2) is 52.0 Å². The largest absolute Gasteiger partial charge is 0.381 e. The summed E-state index contributed by atoms with van der Waals surface area (Å²) in [5.41, 5.74) is 2.47. The zero-order valence-electron chi connectivity index (χ0n) is 14.4. The number of hydrogen-bond donors (Lipinski definition) is 3. The van der Waals surface area contributed by atoms with Gasteiger partial charge in [-0.3, -0.25) is 0 Å². The molecule has 2 aliphatic heterocycles. The first-order valence-corrected chi connectivity index (χ1v) is 9.30. The summed E-state index contributed by atoms with van der Waals surface area (Å²) in [7, 11) is 0. The Morgan fingerprint density at radius 1 is 1.32 bits per heavy atom. The lowest BCUT2D eigenvalue weighted by atomic mass is 9.91. The molecule has 3 fully saturated rings. The number of anilines is 1. The lowest BCUT2D eigenvalue weighted by Crippen LogP contribution is -2.30. The van der Waals surface area contributed by atoms with Crippen LogP contribution in [0.5, 0.6) is 0 Å². The van der Waals surface area contributed by atoms with Crippen molar-refractivity contribution in [3.63, 3.8) is 0 Å². The van der Waals surface area contributed by atoms with Gasteiger partial charge in [-0.05, 0) is 37.2 Å². The van der Waals surface area contributed by atoms with E-state index in [9.17, 15) is 5.11 Å². The van der Waals surface area contributed by atoms with Gasteiger partial charge in [-0.25, -0.2) is 9.97 Å². The number of ether oxygens (including phenoxy) is 1. The van der Waals surface area contributed by atoms with E-state index in [4.69, 9.17) is 4.74 Å². The van der Waals surface area contributed by atoms with Gasteiger partial charge < -0.3 is 25.0 Å². The molecule has 7 heteroatoms. The molecule has 0 bridgehead atoms. The smallest absolute Gasteiger partial charge is 0.147 e. The third-order valence-corrected chi connectivity index (χ3v) is 6.26. The van der Waals surface area contributed by atoms with E-state index >= 15 is 0 Å². The van der Waals surface area contributed by atoms with Crippen LogP contribution in [0, 0.1) is 5.41 Å². The van der Waals surface area contributed by atoms with E-state index in [0.29, 0.717) is 17.4 Å². The van der Waals surface area contributed by atoms with Gasteiger partial charge in [0.15, 0.2) is 0 Å². The molecule has 0 amide bonds. The van der Waals surface area contributed by atoms with Crippen molar-refractivity contribution in [2.24, 2.45) is 5.41 Å². The maximum absolute atomic E-state index is 9.76. The Bertz CT molecular complexity index is 779. The molecule has 25 heavy (non-hydrogen) atoms. The van der Waals surface area contributed by atoms with Gasteiger partial charge in [0.05, 0.1) is 5.39 Å². The summed E-state index contributed by atoms with van der Waals surface area (Å²) in [5, 5.41) is 18.1. The molecule has 5 rings (SSSR count). The number of aliphatic hydroxyl groups excluding tert-OH is 1. The number of aromatic nitrogens is 3. The summed E-state index contributed by atoms with van der Waals surface area (Å²) in [6, 6.07) is 0.422. The van der Waals surface area contributed by atoms with Gasteiger partial charge in [-0.2, -0.15) is 0 Å². The van der Waals surface area contributed by atoms with Crippen molar-refractivity contribution in [1.29, 1.82) is 0 Å². The first-order valence-electron chi connectivity index (χ1n) is 9.30. The second-order valence-electron chi connectivity index (χ2n) is 7.69. The average Bonchev–Trinajstić information content (AvgIpc) is 3.18. The molecule has 3 aliphatic rings. The fourth-order valence-electron chi connectivity index (χ4n) is 4.55. The maximum Gasteiger partial charge on any atom is 0.147 e. The molecule has 2 aromatic heterocycles. The highest BCUT2D eigenvalue weighted by molar-refractivity contribution is 5.91. The van der Waals surface area contributed by atoms with Gasteiger partial charge in [-0.15, -0.1) is 0 Å². The summed E-state index contributed by atoms with van der Waals surface area (Å²) < 4.78 is 7.35. The van der Waals surface area contributed by atoms with Crippen molar-refractivity contribution in [3.8, 4) is 0 Å². The topological polar surface area (TPSA) is 84.2 Å². The molecule has 0 aromatic carbocycles. The Balaban J connectivity index is 1.57. The second kappa shape index (κ2) is 5.93. The number of nitrogens with zero attached hydrogens (tertiary/aromatic N) is 3. The number of rotatable bonds is 4. The predicted molar refractivity (Wildman–Crippen MR) is 94.5 cm³/mol. The normalized spacial score (nSPS) is 25.7. The van der Waals surface area contributed by atoms with E-state index in [1.165, 1.54) is 18.4 Å². The molecule has 7 nitrogen and oxygen atoms in total. The molecular formula is C18H25N5O2. The summed E-state index contributed by atoms with van der Waals surface area (Å²) in [6.45, 7) is 3.61. The van der Waals surface area contributed by atoms with Gasteiger partial charge in [0, 0.05) is 44.0 Å². The van der Waals surface area contributed by atoms with Crippen LogP contribution in [-0.2, 0) is 11.5 Å². The highest BCUT2D eigenvalue weighted by Gasteiger charge is 2.52. The van der Waals surface area contributed by atoms with Crippen molar-refractivity contribution in [2.45, 2.75) is 44.4 Å². The zero-order valence-corrected chi connectivity index (χ0v) is 14.4. The number of hydrogen-bond acceptors (Lipinski definition) is 6. The minimum atomic E-state index is -0.0644. The average molecular weight is 343 g/mol. The SMILES string of the molecule is OCn1cc(C2CCOCC2)c2c(N[C@H]3CNCC34CC4)ncnc21. The lowest BCUT2D eigenvalue weighted by Gasteiger charge is -2.23. The number of aliphatic hydroxyl groups is 1. The van der Waals surface area contributed by atoms with Crippen LogP contribution in [0.3, 0.4) is 0 Å². The fraction of sp³-hybridized carbons (Fsp3) is 0.667. The van der Waals surface area contributed by atoms with Crippen LogP contribution < -0.4 is 10.6 Å². The Hall–Kier alpha value is -1.70. The molecule has 4 heterocycles. The van der Waals surface area contributed by atoms with E-state index in [2.05, 4.69) is 26.8 Å². The van der Waals surface area contributed by atoms with Gasteiger partial charge in [0.25, 0.3) is 0 Å². The van der Waals surface area contributed by atoms with E-state index in [1.54, 1.807) is 6.33 Å². The quantitative estimate of drug-likeness (QED) is 0.779. The van der Waals surface area contributed by atoms with Crippen molar-refractivity contribution < 1.29 is 9.84 Å². The van der Waals surface area contributed by atoms with E-state index < -0.39 is 0 Å². The molecule has 2 aromatic rings. The lowest BCUT2D eigenvalue weighted by molar-refractivity contribution is 0.0855. The van der Waals surface area contributed by atoms with Crippen molar-refractivity contribution in [3.05, 3.63) is 18.1 Å². The van der Waals surface area contributed by atoms with Gasteiger partial charge >= 0.3 is 0 Å². The fourth-order valence-corrected chi connectivity index (χ4v) is 4.55. The molecular weight excluding hydrogens is 318 g/mol. The molecule has 2 saturated heterocycles. The van der Waals surface area contributed by atoms with Crippen LogP contribution in [0.2, 0.25) is 0 Å². The molecule has 3 N–H and O–H groups in total. The minimum absolute atomic E-state index is 0.0644. The molecule has 0 radical (unpaired) electrons. The van der Waals surface area contributed by atoms with Crippen LogP contribution in [0.1, 0.15) is 37.2 Å². The molecule has 1 saturated carbocycles. The van der Waals surface area contributed by atoms with Gasteiger partial charge in [-0.1, -0.05) is 0 Å². The van der Waals surface area contributed by atoms with E-state index in [1.807, 2.05) is 4.57 Å². The summed E-state index contributed by atoms with van der Waals surface area (Å²) in [4.78, 5) is 9.05. The Labute approximate surface area is 146 Å². The highest BCUT2D eigenvalue weighted by Crippen LogP contribution is 2.51. The predicted octanol–water partition coefficient (Wildman–Crippen LogP) is 1.44. The van der Waals surface area contributed by atoms with Crippen LogP contribution >= 0.6 is 0 Å². The van der Waals surface area contributed by atoms with Crippen LogP contribution in [0.4, 0.5) is 5.82 Å². The number of fused-ring (bicyclic) bond motifs is 1. The molecule has 1 atom stereocenters. The van der Waals surface area contributed by atoms with Crippen molar-refractivity contribution in [2.75, 3.05) is 31.6 Å². The molecule has 134 valence electrons. The van der Waals surface area contributed by atoms with Gasteiger partial charge in [0.1, 0.15) is 24.5 Å². The molecule has 1 spiro atoms. The van der Waals surface area contributed by atoms with Gasteiger partial charge in [0.2, 0.25) is 0 Å². The first-order chi connectivity index (χ1) is 12.3. The Kier molecular flexibility index (Phi) is 3.69. The Morgan fingerprint density at radius 2 is 2.16 bits per heavy atom. The summed E-state index contributed by atoms with van der Waals surface area (Å²) >= 11 is 0. The number of nitrogens with one attached hydrogen (secondary N) is 2. The van der Waals surface area contributed by atoms with Crippen molar-refractivity contribution >= 4 is 16.9 Å².